The zero-order valence-corrected chi connectivity index (χ0v) is 26.4. The fraction of sp³-hybridized carbons (Fsp3) is 0.576. The molecule has 0 aromatic heterocycles. The first kappa shape index (κ1) is 36.9. The number of alkyl halides is 5. The van der Waals surface area contributed by atoms with Crippen LogP contribution in [0.4, 0.5) is 30.7 Å². The maximum Gasteiger partial charge on any atom is 0.453 e. The summed E-state index contributed by atoms with van der Waals surface area (Å²) in [5.41, 5.74) is 4.84. The molecule has 0 bridgehead atoms. The van der Waals surface area contributed by atoms with E-state index in [1.165, 1.54) is 6.07 Å². The van der Waals surface area contributed by atoms with E-state index in [4.69, 9.17) is 0 Å². The Morgan fingerprint density at radius 3 is 2.16 bits per heavy atom. The largest absolute Gasteiger partial charge is 0.508 e. The Morgan fingerprint density at radius 2 is 1.47 bits per heavy atom. The normalized spacial score (nSPS) is 14.6. The molecular weight excluding hydrogens is 623 g/mol. The van der Waals surface area contributed by atoms with Crippen molar-refractivity contribution in [1.29, 1.82) is 0 Å². The summed E-state index contributed by atoms with van der Waals surface area (Å²) in [6, 6.07) is 9.34. The van der Waals surface area contributed by atoms with Gasteiger partial charge in [0.25, 0.3) is 0 Å². The van der Waals surface area contributed by atoms with Crippen LogP contribution in [0.2, 0.25) is 0 Å². The summed E-state index contributed by atoms with van der Waals surface area (Å²) in [5, 5.41) is 10.0. The van der Waals surface area contributed by atoms with Gasteiger partial charge in [0.2, 0.25) is 0 Å². The van der Waals surface area contributed by atoms with E-state index in [0.29, 0.717) is 24.9 Å². The molecule has 0 amide bonds. The molecule has 0 fully saturated rings. The number of hydrogen-bond donors (Lipinski definition) is 1. The molecule has 2 aromatic rings. The van der Waals surface area contributed by atoms with Crippen LogP contribution in [0.1, 0.15) is 87.3 Å². The molecule has 0 spiro atoms. The number of aryl methyl sites for hydroxylation is 1. The molecule has 12 heteroatoms. The second kappa shape index (κ2) is 16.3. The Morgan fingerprint density at radius 1 is 0.800 bits per heavy atom. The van der Waals surface area contributed by atoms with Crippen LogP contribution < -0.4 is 0 Å². The molecule has 0 heterocycles. The number of nitrogens with zero attached hydrogens (tertiary/aromatic N) is 1. The summed E-state index contributed by atoms with van der Waals surface area (Å²) in [4.78, 5) is 2.08. The summed E-state index contributed by atoms with van der Waals surface area (Å²) in [5.74, 6) is -7.40. The van der Waals surface area contributed by atoms with E-state index in [1.54, 1.807) is 18.2 Å². The molecule has 0 saturated heterocycles. The van der Waals surface area contributed by atoms with Crippen LogP contribution in [-0.4, -0.2) is 62.2 Å². The number of hydrogen-bond acceptors (Lipinski definition) is 4. The fourth-order valence-electron chi connectivity index (χ4n) is 5.75. The van der Waals surface area contributed by atoms with Crippen molar-refractivity contribution in [1.82, 2.24) is 4.90 Å². The number of phenols is 1. The summed E-state index contributed by atoms with van der Waals surface area (Å²) >= 11 is 0. The Labute approximate surface area is 261 Å². The van der Waals surface area contributed by atoms with Crippen molar-refractivity contribution in [2.45, 2.75) is 89.1 Å². The maximum atomic E-state index is 14.1. The quantitative estimate of drug-likeness (QED) is 0.135. The van der Waals surface area contributed by atoms with Crippen LogP contribution in [0.15, 0.2) is 36.4 Å². The van der Waals surface area contributed by atoms with Gasteiger partial charge in [-0.3, -0.25) is 0 Å². The molecule has 0 radical (unpaired) electrons. The average Bonchev–Trinajstić information content (AvgIpc) is 3.12. The van der Waals surface area contributed by atoms with E-state index < -0.39 is 52.2 Å². The maximum absolute atomic E-state index is 14.1. The molecule has 0 aliphatic heterocycles. The second-order valence-electron chi connectivity index (χ2n) is 11.9. The van der Waals surface area contributed by atoms with Gasteiger partial charge in [0.05, 0.1) is 11.5 Å². The highest BCUT2D eigenvalue weighted by atomic mass is 32.2. The first-order chi connectivity index (χ1) is 21.1. The monoisotopic (exact) mass is 665 g/mol. The van der Waals surface area contributed by atoms with Gasteiger partial charge >= 0.3 is 12.1 Å². The number of aromatic hydroxyl groups is 1. The molecule has 45 heavy (non-hydrogen) atoms. The van der Waals surface area contributed by atoms with E-state index in [0.717, 1.165) is 86.3 Å². The standard InChI is InChI=1S/C33H42F7NO3S/c1-41(19-6-7-20-45(43,44)21-9-17-32(36,37)33(38,39)40)18-5-3-2-4-11-29-27(25-13-16-30(34)31(35)23-25)12-8-10-24-22-26(42)14-15-28(24)29/h13-16,22-23,42H,2-12,17-21H2,1H3. The van der Waals surface area contributed by atoms with Gasteiger partial charge in [0, 0.05) is 6.42 Å². The molecule has 2 aromatic carbocycles. The molecule has 1 N–H and O–H groups in total. The highest BCUT2D eigenvalue weighted by molar-refractivity contribution is 7.91. The third-order valence-electron chi connectivity index (χ3n) is 8.24. The lowest BCUT2D eigenvalue weighted by molar-refractivity contribution is -0.284. The van der Waals surface area contributed by atoms with Gasteiger partial charge in [-0.05, 0) is 130 Å². The number of halogens is 7. The van der Waals surface area contributed by atoms with Crippen LogP contribution in [0.25, 0.3) is 11.1 Å². The van der Waals surface area contributed by atoms with Crippen molar-refractivity contribution in [2.24, 2.45) is 0 Å². The molecule has 1 aliphatic rings. The molecule has 0 unspecified atom stereocenters. The Hall–Kier alpha value is -2.60. The molecule has 3 rings (SSSR count). The average molecular weight is 666 g/mol. The van der Waals surface area contributed by atoms with Crippen molar-refractivity contribution in [3.05, 3.63) is 64.7 Å². The van der Waals surface area contributed by atoms with E-state index in [-0.39, 0.29) is 11.5 Å². The summed E-state index contributed by atoms with van der Waals surface area (Å²) < 4.78 is 115. The zero-order valence-electron chi connectivity index (χ0n) is 25.5. The first-order valence-corrected chi connectivity index (χ1v) is 17.2. The number of fused-ring (bicyclic) bond motifs is 1. The van der Waals surface area contributed by atoms with Crippen molar-refractivity contribution in [3.63, 3.8) is 0 Å². The minimum absolute atomic E-state index is 0.197. The third kappa shape index (κ3) is 11.3. The van der Waals surface area contributed by atoms with Gasteiger partial charge in [0.1, 0.15) is 15.6 Å². The lowest BCUT2D eigenvalue weighted by Gasteiger charge is -2.19. The number of sulfone groups is 1. The van der Waals surface area contributed by atoms with Crippen molar-refractivity contribution in [3.8, 4) is 5.75 Å². The van der Waals surface area contributed by atoms with Crippen LogP contribution in [-0.2, 0) is 16.3 Å². The van der Waals surface area contributed by atoms with Crippen molar-refractivity contribution >= 4 is 21.0 Å². The molecule has 0 saturated carbocycles. The lowest BCUT2D eigenvalue weighted by atomic mass is 9.89. The van der Waals surface area contributed by atoms with Gasteiger partial charge in [0.15, 0.2) is 11.6 Å². The predicted molar refractivity (Wildman–Crippen MR) is 163 cm³/mol. The third-order valence-corrected chi connectivity index (χ3v) is 10.1. The molecule has 252 valence electrons. The predicted octanol–water partition coefficient (Wildman–Crippen LogP) is 8.97. The topological polar surface area (TPSA) is 57.6 Å². The van der Waals surface area contributed by atoms with E-state index in [2.05, 4.69) is 4.90 Å². The Bertz CT molecular complexity index is 1410. The second-order valence-corrected chi connectivity index (χ2v) is 14.2. The van der Waals surface area contributed by atoms with E-state index in [9.17, 15) is 44.3 Å². The smallest absolute Gasteiger partial charge is 0.453 e. The highest BCUT2D eigenvalue weighted by Crippen LogP contribution is 2.40. The van der Waals surface area contributed by atoms with Gasteiger partial charge in [-0.25, -0.2) is 17.2 Å². The van der Waals surface area contributed by atoms with Crippen LogP contribution in [0, 0.1) is 11.6 Å². The van der Waals surface area contributed by atoms with Gasteiger partial charge in [-0.2, -0.15) is 22.0 Å². The van der Waals surface area contributed by atoms with Crippen LogP contribution in [0.3, 0.4) is 0 Å². The Kier molecular flexibility index (Phi) is 13.3. The number of benzene rings is 2. The van der Waals surface area contributed by atoms with Crippen LogP contribution in [0.5, 0.6) is 5.75 Å². The fourth-order valence-corrected chi connectivity index (χ4v) is 7.18. The lowest BCUT2D eigenvalue weighted by Crippen LogP contribution is -2.36. The molecular formula is C33H42F7NO3S. The molecule has 4 nitrogen and oxygen atoms in total. The van der Waals surface area contributed by atoms with Crippen molar-refractivity contribution in [2.75, 3.05) is 31.6 Å². The zero-order chi connectivity index (χ0) is 33.3. The number of unbranched alkanes of at least 4 members (excludes halogenated alkanes) is 4. The number of allylic oxidation sites excluding steroid dienone is 2. The molecule has 0 atom stereocenters. The number of rotatable bonds is 17. The van der Waals surface area contributed by atoms with Crippen molar-refractivity contribution < 1.29 is 44.3 Å². The van der Waals surface area contributed by atoms with E-state index >= 15 is 0 Å². The van der Waals surface area contributed by atoms with Gasteiger partial charge in [-0.15, -0.1) is 0 Å². The highest BCUT2D eigenvalue weighted by Gasteiger charge is 2.56. The molecule has 1 aliphatic carbocycles. The summed E-state index contributed by atoms with van der Waals surface area (Å²) in [6.45, 7) is 1.43. The number of phenolic OH excluding ortho intramolecular Hbond substituents is 1. The Balaban J connectivity index is 1.42. The SMILES string of the molecule is CN(CCCCCCC1=C(c2ccc(F)c(F)c2)CCCc2cc(O)ccc21)CCCCS(=O)(=O)CCCC(F)(F)C(F)(F)F. The summed E-state index contributed by atoms with van der Waals surface area (Å²) in [7, 11) is -1.78. The van der Waals surface area contributed by atoms with Crippen LogP contribution >= 0.6 is 0 Å². The van der Waals surface area contributed by atoms with Gasteiger partial charge in [-0.1, -0.05) is 25.0 Å². The summed E-state index contributed by atoms with van der Waals surface area (Å²) in [6.07, 6.45) is -0.311. The van der Waals surface area contributed by atoms with E-state index in [1.807, 2.05) is 13.1 Å². The first-order valence-electron chi connectivity index (χ1n) is 15.4. The minimum atomic E-state index is -5.68. The minimum Gasteiger partial charge on any atom is -0.508 e. The van der Waals surface area contributed by atoms with Gasteiger partial charge < -0.3 is 10.0 Å².